The van der Waals surface area contributed by atoms with Crippen molar-refractivity contribution in [2.45, 2.75) is 52.1 Å². The molecule has 1 aromatic rings. The topological polar surface area (TPSA) is 45.7 Å². The zero-order chi connectivity index (χ0) is 16.7. The smallest absolute Gasteiger partial charge is 0.191 e. The lowest BCUT2D eigenvalue weighted by Gasteiger charge is -2.24. The molecule has 1 aliphatic heterocycles. The summed E-state index contributed by atoms with van der Waals surface area (Å²) in [7, 11) is 0. The molecule has 0 aliphatic carbocycles. The number of aliphatic imine (C=N–C) groups is 1. The Hall–Kier alpha value is -1.55. The molecule has 0 aromatic heterocycles. The molecule has 0 saturated carbocycles. The minimum absolute atomic E-state index is 0.0121. The van der Waals surface area contributed by atoms with Gasteiger partial charge in [-0.1, -0.05) is 43.7 Å². The molecular weight excluding hydrogens is 286 g/mol. The zero-order valence-electron chi connectivity index (χ0n) is 15.0. The van der Waals surface area contributed by atoms with Crippen LogP contribution < -0.4 is 10.6 Å². The molecule has 1 unspecified atom stereocenters. The third-order valence-corrected chi connectivity index (χ3v) is 4.30. The summed E-state index contributed by atoms with van der Waals surface area (Å²) in [5.74, 6) is 0.878. The van der Waals surface area contributed by atoms with E-state index >= 15 is 0 Å². The first kappa shape index (κ1) is 17.8. The maximum atomic E-state index is 5.66. The Morgan fingerprint density at radius 2 is 2.17 bits per heavy atom. The molecule has 1 aliphatic rings. The molecule has 0 spiro atoms. The number of nitrogens with one attached hydrogen (secondary N) is 2. The zero-order valence-corrected chi connectivity index (χ0v) is 15.0. The van der Waals surface area contributed by atoms with Gasteiger partial charge in [-0.05, 0) is 32.3 Å². The van der Waals surface area contributed by atoms with Crippen LogP contribution in [0.5, 0.6) is 0 Å². The second-order valence-corrected chi connectivity index (χ2v) is 6.96. The number of benzene rings is 1. The van der Waals surface area contributed by atoms with Gasteiger partial charge in [-0.3, -0.25) is 4.99 Å². The lowest BCUT2D eigenvalue weighted by molar-refractivity contribution is 0.114. The fourth-order valence-electron chi connectivity index (χ4n) is 2.79. The number of guanidine groups is 1. The normalized spacial score (nSPS) is 19.0. The first-order valence-corrected chi connectivity index (χ1v) is 8.72. The molecule has 128 valence electrons. The van der Waals surface area contributed by atoms with E-state index in [2.05, 4.69) is 62.6 Å². The highest BCUT2D eigenvalue weighted by Gasteiger charge is 2.21. The van der Waals surface area contributed by atoms with E-state index in [-0.39, 0.29) is 5.41 Å². The molecule has 0 bridgehead atoms. The third-order valence-electron chi connectivity index (χ3n) is 4.30. The van der Waals surface area contributed by atoms with Crippen LogP contribution in [0.2, 0.25) is 0 Å². The molecule has 2 rings (SSSR count). The van der Waals surface area contributed by atoms with Gasteiger partial charge >= 0.3 is 0 Å². The van der Waals surface area contributed by atoms with Crippen LogP contribution in [-0.2, 0) is 10.2 Å². The predicted octanol–water partition coefficient (Wildman–Crippen LogP) is 3.01. The molecule has 1 atom stereocenters. The SMILES string of the molecule is CCNC(=NCC(C)(C)c1cccc(C)c1)NCC1CCCO1. The van der Waals surface area contributed by atoms with E-state index < -0.39 is 0 Å². The van der Waals surface area contributed by atoms with Crippen LogP contribution in [0.1, 0.15) is 44.7 Å². The number of hydrogen-bond donors (Lipinski definition) is 2. The highest BCUT2D eigenvalue weighted by molar-refractivity contribution is 5.79. The predicted molar refractivity (Wildman–Crippen MR) is 97.2 cm³/mol. The fraction of sp³-hybridized carbons (Fsp3) is 0.632. The summed E-state index contributed by atoms with van der Waals surface area (Å²) in [6.45, 7) is 12.0. The van der Waals surface area contributed by atoms with Gasteiger partial charge in [-0.2, -0.15) is 0 Å². The Kier molecular flexibility index (Phi) is 6.46. The molecule has 0 amide bonds. The number of hydrogen-bond acceptors (Lipinski definition) is 2. The van der Waals surface area contributed by atoms with Crippen LogP contribution in [0.4, 0.5) is 0 Å². The van der Waals surface area contributed by atoms with Crippen molar-refractivity contribution in [3.8, 4) is 0 Å². The van der Waals surface area contributed by atoms with Crippen molar-refractivity contribution in [3.05, 3.63) is 35.4 Å². The van der Waals surface area contributed by atoms with E-state index in [0.717, 1.165) is 38.6 Å². The lowest BCUT2D eigenvalue weighted by Crippen LogP contribution is -2.41. The van der Waals surface area contributed by atoms with E-state index in [9.17, 15) is 0 Å². The van der Waals surface area contributed by atoms with E-state index in [1.807, 2.05) is 0 Å². The average molecular weight is 317 g/mol. The molecule has 1 aromatic carbocycles. The Labute approximate surface area is 140 Å². The molecule has 23 heavy (non-hydrogen) atoms. The van der Waals surface area contributed by atoms with E-state index in [1.165, 1.54) is 17.5 Å². The Bertz CT molecular complexity index is 519. The van der Waals surface area contributed by atoms with Crippen molar-refractivity contribution in [2.24, 2.45) is 4.99 Å². The quantitative estimate of drug-likeness (QED) is 0.626. The second-order valence-electron chi connectivity index (χ2n) is 6.96. The van der Waals surface area contributed by atoms with Gasteiger partial charge in [0.1, 0.15) is 0 Å². The molecule has 1 fully saturated rings. The van der Waals surface area contributed by atoms with Crippen LogP contribution in [0.15, 0.2) is 29.3 Å². The van der Waals surface area contributed by atoms with E-state index in [0.29, 0.717) is 6.10 Å². The molecule has 4 heteroatoms. The van der Waals surface area contributed by atoms with Crippen LogP contribution in [-0.4, -0.2) is 38.3 Å². The van der Waals surface area contributed by atoms with Crippen molar-refractivity contribution in [1.82, 2.24) is 10.6 Å². The van der Waals surface area contributed by atoms with Crippen molar-refractivity contribution < 1.29 is 4.74 Å². The van der Waals surface area contributed by atoms with Crippen LogP contribution >= 0.6 is 0 Å². The average Bonchev–Trinajstić information content (AvgIpc) is 3.03. The van der Waals surface area contributed by atoms with Crippen LogP contribution in [0.3, 0.4) is 0 Å². The summed E-state index contributed by atoms with van der Waals surface area (Å²) in [5.41, 5.74) is 2.64. The Morgan fingerprint density at radius 1 is 1.35 bits per heavy atom. The molecule has 1 heterocycles. The monoisotopic (exact) mass is 317 g/mol. The van der Waals surface area contributed by atoms with E-state index in [1.54, 1.807) is 0 Å². The minimum Gasteiger partial charge on any atom is -0.376 e. The van der Waals surface area contributed by atoms with Gasteiger partial charge in [0.25, 0.3) is 0 Å². The fourth-order valence-corrected chi connectivity index (χ4v) is 2.79. The molecule has 2 N–H and O–H groups in total. The van der Waals surface area contributed by atoms with Gasteiger partial charge < -0.3 is 15.4 Å². The lowest BCUT2D eigenvalue weighted by atomic mass is 9.84. The summed E-state index contributed by atoms with van der Waals surface area (Å²) in [5, 5.41) is 6.74. The highest BCUT2D eigenvalue weighted by atomic mass is 16.5. The number of nitrogens with zero attached hydrogens (tertiary/aromatic N) is 1. The Morgan fingerprint density at radius 3 is 2.83 bits per heavy atom. The summed E-state index contributed by atoms with van der Waals surface area (Å²) in [6.07, 6.45) is 2.63. The minimum atomic E-state index is 0.0121. The summed E-state index contributed by atoms with van der Waals surface area (Å²) in [4.78, 5) is 4.79. The van der Waals surface area contributed by atoms with Gasteiger partial charge in [0.15, 0.2) is 5.96 Å². The standard InChI is InChI=1S/C19H31N3O/c1-5-20-18(21-13-17-10-7-11-23-17)22-14-19(3,4)16-9-6-8-15(2)12-16/h6,8-9,12,17H,5,7,10-11,13-14H2,1-4H3,(H2,20,21,22). The first-order valence-electron chi connectivity index (χ1n) is 8.72. The van der Waals surface area contributed by atoms with Gasteiger partial charge in [0, 0.05) is 25.1 Å². The maximum absolute atomic E-state index is 5.66. The third kappa shape index (κ3) is 5.54. The van der Waals surface area contributed by atoms with Crippen LogP contribution in [0.25, 0.3) is 0 Å². The number of aryl methyl sites for hydroxylation is 1. The number of rotatable bonds is 6. The van der Waals surface area contributed by atoms with Gasteiger partial charge in [0.05, 0.1) is 12.6 Å². The molecular formula is C19H31N3O. The van der Waals surface area contributed by atoms with Crippen molar-refractivity contribution in [1.29, 1.82) is 0 Å². The highest BCUT2D eigenvalue weighted by Crippen LogP contribution is 2.24. The van der Waals surface area contributed by atoms with Crippen molar-refractivity contribution in [2.75, 3.05) is 26.2 Å². The maximum Gasteiger partial charge on any atom is 0.191 e. The van der Waals surface area contributed by atoms with Gasteiger partial charge in [-0.15, -0.1) is 0 Å². The summed E-state index contributed by atoms with van der Waals surface area (Å²) >= 11 is 0. The largest absolute Gasteiger partial charge is 0.376 e. The number of ether oxygens (including phenoxy) is 1. The molecule has 4 nitrogen and oxygen atoms in total. The first-order chi connectivity index (χ1) is 11.0. The summed E-state index contributed by atoms with van der Waals surface area (Å²) in [6, 6.07) is 8.70. The molecule has 0 radical (unpaired) electrons. The van der Waals surface area contributed by atoms with Crippen LogP contribution in [0, 0.1) is 6.92 Å². The second kappa shape index (κ2) is 8.34. The Balaban J connectivity index is 1.97. The van der Waals surface area contributed by atoms with Gasteiger partial charge in [0.2, 0.25) is 0 Å². The van der Waals surface area contributed by atoms with E-state index in [4.69, 9.17) is 9.73 Å². The van der Waals surface area contributed by atoms with Crippen molar-refractivity contribution >= 4 is 5.96 Å². The van der Waals surface area contributed by atoms with Crippen molar-refractivity contribution in [3.63, 3.8) is 0 Å². The molecule has 1 saturated heterocycles. The van der Waals surface area contributed by atoms with Gasteiger partial charge in [-0.25, -0.2) is 0 Å². The summed E-state index contributed by atoms with van der Waals surface area (Å²) < 4.78 is 5.66.